The first-order valence-electron chi connectivity index (χ1n) is 20.4. The molecule has 0 aliphatic rings. The molecule has 2 heteroatoms. The van der Waals surface area contributed by atoms with E-state index in [0.29, 0.717) is 6.42 Å². The molecular formula is C41H84O2. The lowest BCUT2D eigenvalue weighted by Gasteiger charge is -2.03. The lowest BCUT2D eigenvalue weighted by molar-refractivity contribution is -0.137. The van der Waals surface area contributed by atoms with E-state index < -0.39 is 5.97 Å². The maximum absolute atomic E-state index is 10.4. The maximum Gasteiger partial charge on any atom is 0.303 e. The van der Waals surface area contributed by atoms with Gasteiger partial charge in [-0.1, -0.05) is 245 Å². The Morgan fingerprint density at radius 2 is 0.419 bits per heavy atom. The highest BCUT2D eigenvalue weighted by Crippen LogP contribution is 2.16. The highest BCUT2D eigenvalue weighted by molar-refractivity contribution is 5.66. The quantitative estimate of drug-likeness (QED) is 0.0718. The second-order valence-electron chi connectivity index (χ2n) is 13.8. The molecule has 260 valence electrons. The van der Waals surface area contributed by atoms with Gasteiger partial charge in [0, 0.05) is 6.42 Å². The molecule has 0 spiro atoms. The molecule has 0 aromatic carbocycles. The van der Waals surface area contributed by atoms with Crippen molar-refractivity contribution in [1.82, 2.24) is 0 Å². The van der Waals surface area contributed by atoms with E-state index in [9.17, 15) is 4.79 Å². The number of hydrogen-bond acceptors (Lipinski definition) is 1. The van der Waals surface area contributed by atoms with Gasteiger partial charge in [0.1, 0.15) is 0 Å². The van der Waals surface area contributed by atoms with Gasteiger partial charge < -0.3 is 5.11 Å². The number of hydrogen-bond donors (Lipinski definition) is 1. The fraction of sp³-hybridized carbons (Fsp3) is 0.976. The molecule has 0 heterocycles. The predicted octanol–water partition coefficient (Wildman–Crippen LogP) is 15.6. The number of aliphatic carboxylic acids is 1. The predicted molar refractivity (Wildman–Crippen MR) is 195 cm³/mol. The average molecular weight is 609 g/mol. The molecule has 1 N–H and O–H groups in total. The van der Waals surface area contributed by atoms with Crippen LogP contribution in [0, 0.1) is 0 Å². The summed E-state index contributed by atoms with van der Waals surface area (Å²) in [5.41, 5.74) is 0. The summed E-state index contributed by atoms with van der Waals surface area (Å²) in [5.74, 6) is -0.652. The van der Waals surface area contributed by atoms with Crippen LogP contribution in [0.2, 0.25) is 0 Å². The van der Waals surface area contributed by atoms with Crippen molar-refractivity contribution in [3.63, 3.8) is 0 Å². The summed E-state index contributed by atoms with van der Waals surface area (Å²) >= 11 is 0. The summed E-state index contributed by atoms with van der Waals surface area (Å²) in [4.78, 5) is 10.4. The van der Waals surface area contributed by atoms with Crippen LogP contribution in [0.3, 0.4) is 0 Å². The zero-order chi connectivity index (χ0) is 31.7. The van der Waals surface area contributed by atoms with Crippen molar-refractivity contribution in [3.8, 4) is 0 Å². The molecule has 0 unspecified atom stereocenters. The fourth-order valence-corrected chi connectivity index (χ4v) is 6.15. The van der Waals surface area contributed by atoms with Gasteiger partial charge in [0.05, 0.1) is 0 Å². The molecule has 0 rings (SSSR count). The third kappa shape index (κ3) is 48.6. The van der Waals surface area contributed by atoms with Crippen molar-refractivity contribution < 1.29 is 9.90 Å². The monoisotopic (exact) mass is 609 g/mol. The van der Waals surface area contributed by atoms with Crippen LogP contribution in [0.4, 0.5) is 0 Å². The lowest BCUT2D eigenvalue weighted by Crippen LogP contribution is -1.93. The molecule has 0 amide bonds. The van der Waals surface area contributed by atoms with Crippen molar-refractivity contribution in [3.05, 3.63) is 0 Å². The van der Waals surface area contributed by atoms with E-state index in [4.69, 9.17) is 5.11 Å². The van der Waals surface area contributed by atoms with Crippen molar-refractivity contribution in [2.45, 2.75) is 258 Å². The van der Waals surface area contributed by atoms with Crippen molar-refractivity contribution in [1.29, 1.82) is 0 Å². The Labute approximate surface area is 273 Å². The standard InChI is InChI=1S/C21H44.C20H40O2/c1-3-5-7-9-11-13-15-17-19-21-20-18-16-14-12-10-8-6-4-2;1-2-3-4-5-6-7-8-9-10-11-12-13-14-15-16-17-18-19-20(21)22/h3-21H2,1-2H3;2-19H2,1H3,(H,21,22). The Hall–Kier alpha value is -0.530. The van der Waals surface area contributed by atoms with Gasteiger partial charge >= 0.3 is 5.97 Å². The summed E-state index contributed by atoms with van der Waals surface area (Å²) in [6, 6.07) is 0. The minimum atomic E-state index is -0.652. The van der Waals surface area contributed by atoms with Crippen LogP contribution >= 0.6 is 0 Å². The van der Waals surface area contributed by atoms with Gasteiger partial charge in [-0.25, -0.2) is 0 Å². The molecule has 0 aromatic heterocycles. The second-order valence-corrected chi connectivity index (χ2v) is 13.8. The van der Waals surface area contributed by atoms with Crippen molar-refractivity contribution >= 4 is 5.97 Å². The number of unbranched alkanes of at least 4 members (excludes halogenated alkanes) is 34. The van der Waals surface area contributed by atoms with E-state index in [1.54, 1.807) is 0 Å². The number of carboxylic acids is 1. The van der Waals surface area contributed by atoms with Gasteiger partial charge in [-0.05, 0) is 6.42 Å². The minimum Gasteiger partial charge on any atom is -0.481 e. The normalized spacial score (nSPS) is 11.0. The second kappa shape index (κ2) is 43.6. The first kappa shape index (κ1) is 44.6. The molecule has 0 bridgehead atoms. The number of carbonyl (C=O) groups is 1. The zero-order valence-electron chi connectivity index (χ0n) is 30.5. The summed E-state index contributed by atoms with van der Waals surface area (Å²) in [5, 5.41) is 8.54. The Morgan fingerprint density at radius 1 is 0.279 bits per heavy atom. The zero-order valence-corrected chi connectivity index (χ0v) is 30.5. The van der Waals surface area contributed by atoms with Gasteiger partial charge in [0.15, 0.2) is 0 Å². The number of rotatable bonds is 36. The van der Waals surface area contributed by atoms with Crippen LogP contribution < -0.4 is 0 Å². The van der Waals surface area contributed by atoms with Crippen LogP contribution in [0.25, 0.3) is 0 Å². The smallest absolute Gasteiger partial charge is 0.303 e. The molecule has 0 radical (unpaired) electrons. The minimum absolute atomic E-state index is 0.346. The Bertz CT molecular complexity index is 456. The Morgan fingerprint density at radius 3 is 0.558 bits per heavy atom. The van der Waals surface area contributed by atoms with Crippen LogP contribution in [-0.2, 0) is 4.79 Å². The van der Waals surface area contributed by atoms with E-state index >= 15 is 0 Å². The largest absolute Gasteiger partial charge is 0.481 e. The molecule has 0 fully saturated rings. The average Bonchev–Trinajstić information content (AvgIpc) is 3.00. The van der Waals surface area contributed by atoms with Crippen molar-refractivity contribution in [2.75, 3.05) is 0 Å². The molecule has 0 saturated heterocycles. The molecule has 0 aliphatic heterocycles. The lowest BCUT2D eigenvalue weighted by atomic mass is 10.0. The molecule has 0 saturated carbocycles. The third-order valence-electron chi connectivity index (χ3n) is 9.20. The van der Waals surface area contributed by atoms with E-state index in [1.807, 2.05) is 0 Å². The van der Waals surface area contributed by atoms with Gasteiger partial charge in [0.25, 0.3) is 0 Å². The highest BCUT2D eigenvalue weighted by Gasteiger charge is 1.98. The maximum atomic E-state index is 10.4. The SMILES string of the molecule is CCCCCCCCCCCCCCCCCCCC(=O)O.CCCCCCCCCCCCCCCCCCCCC. The molecule has 0 aromatic rings. The molecule has 2 nitrogen and oxygen atoms in total. The van der Waals surface area contributed by atoms with Gasteiger partial charge in [-0.3, -0.25) is 4.79 Å². The summed E-state index contributed by atoms with van der Waals surface area (Å²) < 4.78 is 0. The first-order chi connectivity index (χ1) is 21.2. The Kier molecular flexibility index (Phi) is 45.2. The topological polar surface area (TPSA) is 37.3 Å². The van der Waals surface area contributed by atoms with Crippen LogP contribution in [0.1, 0.15) is 258 Å². The van der Waals surface area contributed by atoms with Gasteiger partial charge in [-0.15, -0.1) is 0 Å². The van der Waals surface area contributed by atoms with E-state index in [2.05, 4.69) is 20.8 Å². The third-order valence-corrected chi connectivity index (χ3v) is 9.20. The molecular weight excluding hydrogens is 524 g/mol. The molecule has 0 aliphatic carbocycles. The van der Waals surface area contributed by atoms with Crippen LogP contribution in [0.5, 0.6) is 0 Å². The first-order valence-corrected chi connectivity index (χ1v) is 20.4. The Balaban J connectivity index is 0. The van der Waals surface area contributed by atoms with Crippen molar-refractivity contribution in [2.24, 2.45) is 0 Å². The summed E-state index contributed by atoms with van der Waals surface area (Å²) in [7, 11) is 0. The van der Waals surface area contributed by atoms with Gasteiger partial charge in [0.2, 0.25) is 0 Å². The van der Waals surface area contributed by atoms with Crippen LogP contribution in [-0.4, -0.2) is 11.1 Å². The summed E-state index contributed by atoms with van der Waals surface area (Å²) in [6.07, 6.45) is 51.0. The highest BCUT2D eigenvalue weighted by atomic mass is 16.4. The fourth-order valence-electron chi connectivity index (χ4n) is 6.15. The summed E-state index contributed by atoms with van der Waals surface area (Å²) in [6.45, 7) is 6.87. The van der Waals surface area contributed by atoms with E-state index in [1.165, 1.54) is 218 Å². The number of carboxylic acid groups (broad SMARTS) is 1. The van der Waals surface area contributed by atoms with Gasteiger partial charge in [-0.2, -0.15) is 0 Å². The van der Waals surface area contributed by atoms with E-state index in [-0.39, 0.29) is 0 Å². The van der Waals surface area contributed by atoms with E-state index in [0.717, 1.165) is 12.8 Å². The molecule has 0 atom stereocenters. The van der Waals surface area contributed by atoms with Crippen LogP contribution in [0.15, 0.2) is 0 Å². The molecule has 43 heavy (non-hydrogen) atoms.